The van der Waals surface area contributed by atoms with Crippen molar-refractivity contribution in [1.29, 1.82) is 10.5 Å². The molecule has 176 valence electrons. The molecule has 1 heterocycles. The lowest BCUT2D eigenvalue weighted by Gasteiger charge is -2.12. The summed E-state index contributed by atoms with van der Waals surface area (Å²) in [6.45, 7) is 0.227. The summed E-state index contributed by atoms with van der Waals surface area (Å²) in [5.74, 6) is -0.150. The largest absolute Gasteiger partial charge is 0.486 e. The Kier molecular flexibility index (Phi) is 8.15. The van der Waals surface area contributed by atoms with Crippen molar-refractivity contribution >= 4 is 67.5 Å². The lowest BCUT2D eigenvalue weighted by atomic mass is 9.96. The van der Waals surface area contributed by atoms with Crippen molar-refractivity contribution in [3.63, 3.8) is 0 Å². The number of hydrogen-bond donors (Lipinski definition) is 1. The maximum atomic E-state index is 12.9. The van der Waals surface area contributed by atoms with Crippen molar-refractivity contribution in [2.45, 2.75) is 32.3 Å². The molecule has 5 nitrogen and oxygen atoms in total. The van der Waals surface area contributed by atoms with Gasteiger partial charge in [-0.15, -0.1) is 11.3 Å². The van der Waals surface area contributed by atoms with Gasteiger partial charge >= 0.3 is 0 Å². The number of ether oxygens (including phenoxy) is 1. The van der Waals surface area contributed by atoms with E-state index >= 15 is 0 Å². The van der Waals surface area contributed by atoms with Crippen molar-refractivity contribution in [3.8, 4) is 17.9 Å². The molecule has 0 aliphatic heterocycles. The number of nitriles is 2. The number of aryl methyl sites for hydroxylation is 1. The molecule has 0 atom stereocenters. The molecule has 0 bridgehead atoms. The Bertz CT molecular complexity index is 1400. The first kappa shape index (κ1) is 25.3. The third-order valence-electron chi connectivity index (χ3n) is 5.54. The molecule has 35 heavy (non-hydrogen) atoms. The van der Waals surface area contributed by atoms with E-state index in [-0.39, 0.29) is 12.2 Å². The molecule has 1 amide bonds. The fraction of sp³-hybridized carbons (Fsp3) is 0.192. The number of hydrogen-bond acceptors (Lipinski definition) is 5. The lowest BCUT2D eigenvalue weighted by molar-refractivity contribution is -0.112. The summed E-state index contributed by atoms with van der Waals surface area (Å²) in [5, 5.41) is 23.4. The Labute approximate surface area is 225 Å². The van der Waals surface area contributed by atoms with E-state index in [0.717, 1.165) is 41.7 Å². The number of halogens is 3. The van der Waals surface area contributed by atoms with Crippen LogP contribution in [0.2, 0.25) is 10.0 Å². The Morgan fingerprint density at radius 3 is 2.66 bits per heavy atom. The quantitative estimate of drug-likeness (QED) is 0.237. The zero-order valence-electron chi connectivity index (χ0n) is 18.3. The van der Waals surface area contributed by atoms with Gasteiger partial charge in [-0.3, -0.25) is 4.79 Å². The Hall–Kier alpha value is -2.81. The number of benzene rings is 2. The van der Waals surface area contributed by atoms with Gasteiger partial charge in [0.05, 0.1) is 15.1 Å². The SMILES string of the molecule is N#C/C(=C\c1cc(Cl)c(OCc2ccccc2Cl)c(Br)c1)C(=O)Nc1sc2c(c1C#N)CCCC2. The predicted molar refractivity (Wildman–Crippen MR) is 143 cm³/mol. The Morgan fingerprint density at radius 1 is 1.17 bits per heavy atom. The van der Waals surface area contributed by atoms with Gasteiger partial charge in [0.25, 0.3) is 5.91 Å². The Balaban J connectivity index is 1.53. The number of carbonyl (C=O) groups is 1. The number of anilines is 1. The van der Waals surface area contributed by atoms with Gasteiger partial charge in [0.15, 0.2) is 5.75 Å². The van der Waals surface area contributed by atoms with E-state index < -0.39 is 5.91 Å². The summed E-state index contributed by atoms with van der Waals surface area (Å²) in [4.78, 5) is 14.0. The highest BCUT2D eigenvalue weighted by Crippen LogP contribution is 2.38. The number of fused-ring (bicyclic) bond motifs is 1. The molecular weight excluding hydrogens is 569 g/mol. The van der Waals surface area contributed by atoms with Gasteiger partial charge in [0.1, 0.15) is 29.3 Å². The summed E-state index contributed by atoms with van der Waals surface area (Å²) in [6.07, 6.45) is 5.29. The molecule has 0 spiro atoms. The van der Waals surface area contributed by atoms with Crippen LogP contribution in [0.4, 0.5) is 5.00 Å². The summed E-state index contributed by atoms with van der Waals surface area (Å²) in [7, 11) is 0. The van der Waals surface area contributed by atoms with Gasteiger partial charge in [0, 0.05) is 15.5 Å². The zero-order valence-corrected chi connectivity index (χ0v) is 22.2. The summed E-state index contributed by atoms with van der Waals surface area (Å²) < 4.78 is 6.42. The van der Waals surface area contributed by atoms with E-state index in [2.05, 4.69) is 27.3 Å². The Morgan fingerprint density at radius 2 is 1.94 bits per heavy atom. The fourth-order valence-corrected chi connectivity index (χ4v) is 6.24. The van der Waals surface area contributed by atoms with Crippen LogP contribution in [0, 0.1) is 22.7 Å². The number of amides is 1. The molecular formula is C26H18BrCl2N3O2S. The van der Waals surface area contributed by atoms with Gasteiger partial charge in [-0.2, -0.15) is 10.5 Å². The van der Waals surface area contributed by atoms with Crippen molar-refractivity contribution in [3.05, 3.63) is 83.6 Å². The molecule has 1 aromatic heterocycles. The second-order valence-corrected chi connectivity index (χ2v) is 10.6. The average Bonchev–Trinajstić information content (AvgIpc) is 3.19. The van der Waals surface area contributed by atoms with Crippen LogP contribution >= 0.6 is 50.5 Å². The summed E-state index contributed by atoms with van der Waals surface area (Å²) in [6, 6.07) is 14.8. The van der Waals surface area contributed by atoms with Crippen LogP contribution in [0.5, 0.6) is 5.75 Å². The molecule has 1 aliphatic carbocycles. The standard InChI is InChI=1S/C26H18BrCl2N3O2S/c27-20-10-15(11-22(29)24(20)34-14-16-5-1-3-7-21(16)28)9-17(12-30)25(33)32-26-19(13-31)18-6-2-4-8-23(18)35-26/h1,3,5,7,9-11H,2,4,6,8,14H2,(H,32,33)/b17-9+. The number of nitrogens with one attached hydrogen (secondary N) is 1. The minimum absolute atomic E-state index is 0.104. The third kappa shape index (κ3) is 5.72. The van der Waals surface area contributed by atoms with Crippen LogP contribution in [0.1, 0.15) is 40.0 Å². The number of nitrogens with zero attached hydrogens (tertiary/aromatic N) is 2. The van der Waals surface area contributed by atoms with Gasteiger partial charge in [-0.1, -0.05) is 41.4 Å². The zero-order chi connectivity index (χ0) is 24.9. The van der Waals surface area contributed by atoms with Gasteiger partial charge in [-0.05, 0) is 77.0 Å². The second-order valence-electron chi connectivity index (χ2n) is 7.84. The molecule has 3 aromatic rings. The molecule has 0 saturated heterocycles. The number of carbonyl (C=O) groups excluding carboxylic acids is 1. The molecule has 4 rings (SSSR count). The topological polar surface area (TPSA) is 85.9 Å². The normalized spacial score (nSPS) is 12.9. The van der Waals surface area contributed by atoms with Gasteiger partial charge in [-0.25, -0.2) is 0 Å². The number of thiophene rings is 1. The average molecular weight is 587 g/mol. The van der Waals surface area contributed by atoms with E-state index in [1.807, 2.05) is 24.3 Å². The molecule has 0 saturated carbocycles. The highest BCUT2D eigenvalue weighted by atomic mass is 79.9. The monoisotopic (exact) mass is 585 g/mol. The minimum atomic E-state index is -0.575. The van der Waals surface area contributed by atoms with Crippen LogP contribution < -0.4 is 10.1 Å². The molecule has 0 fully saturated rings. The van der Waals surface area contributed by atoms with Crippen molar-refractivity contribution in [2.75, 3.05) is 5.32 Å². The van der Waals surface area contributed by atoms with Crippen molar-refractivity contribution < 1.29 is 9.53 Å². The minimum Gasteiger partial charge on any atom is -0.486 e. The second kappa shape index (κ2) is 11.3. The highest BCUT2D eigenvalue weighted by molar-refractivity contribution is 9.10. The first-order valence-electron chi connectivity index (χ1n) is 10.7. The van der Waals surface area contributed by atoms with Crippen LogP contribution in [-0.2, 0) is 24.2 Å². The van der Waals surface area contributed by atoms with Crippen LogP contribution in [0.15, 0.2) is 46.4 Å². The van der Waals surface area contributed by atoms with Crippen LogP contribution in [-0.4, -0.2) is 5.91 Å². The maximum absolute atomic E-state index is 12.9. The van der Waals surface area contributed by atoms with E-state index in [9.17, 15) is 15.3 Å². The molecule has 0 unspecified atom stereocenters. The molecule has 2 aromatic carbocycles. The van der Waals surface area contributed by atoms with E-state index in [4.69, 9.17) is 27.9 Å². The molecule has 1 N–H and O–H groups in total. The predicted octanol–water partition coefficient (Wildman–Crippen LogP) is 7.69. The first-order valence-corrected chi connectivity index (χ1v) is 13.1. The molecule has 9 heteroatoms. The van der Waals surface area contributed by atoms with Crippen LogP contribution in [0.25, 0.3) is 6.08 Å². The van der Waals surface area contributed by atoms with E-state index in [0.29, 0.717) is 36.4 Å². The first-order chi connectivity index (χ1) is 16.9. The molecule has 0 radical (unpaired) electrons. The highest BCUT2D eigenvalue weighted by Gasteiger charge is 2.23. The third-order valence-corrected chi connectivity index (χ3v) is 7.98. The van der Waals surface area contributed by atoms with Crippen LogP contribution in [0.3, 0.4) is 0 Å². The van der Waals surface area contributed by atoms with Crippen molar-refractivity contribution in [2.24, 2.45) is 0 Å². The maximum Gasteiger partial charge on any atom is 0.266 e. The van der Waals surface area contributed by atoms with E-state index in [1.54, 1.807) is 18.2 Å². The molecule has 1 aliphatic rings. The summed E-state index contributed by atoms with van der Waals surface area (Å²) in [5.41, 5.74) is 2.78. The smallest absolute Gasteiger partial charge is 0.266 e. The fourth-order valence-electron chi connectivity index (χ4n) is 3.82. The van der Waals surface area contributed by atoms with E-state index in [1.165, 1.54) is 17.4 Å². The lowest BCUT2D eigenvalue weighted by Crippen LogP contribution is -2.13. The number of rotatable bonds is 6. The summed E-state index contributed by atoms with van der Waals surface area (Å²) >= 11 is 17.5. The van der Waals surface area contributed by atoms with Crippen molar-refractivity contribution in [1.82, 2.24) is 0 Å². The van der Waals surface area contributed by atoms with Gasteiger partial charge in [0.2, 0.25) is 0 Å². The van der Waals surface area contributed by atoms with Gasteiger partial charge < -0.3 is 10.1 Å².